The molecule has 2 N–H and O–H groups in total. The van der Waals surface area contributed by atoms with Crippen molar-refractivity contribution in [2.24, 2.45) is 5.41 Å². The number of nitrogens with zero attached hydrogens (tertiary/aromatic N) is 1. The summed E-state index contributed by atoms with van der Waals surface area (Å²) in [4.78, 5) is 27.6. The molecule has 1 heterocycles. The molecule has 0 aliphatic heterocycles. The predicted octanol–water partition coefficient (Wildman–Crippen LogP) is 1.76. The largest absolute Gasteiger partial charge is 0.481 e. The Morgan fingerprint density at radius 1 is 1.53 bits per heavy atom. The summed E-state index contributed by atoms with van der Waals surface area (Å²) < 4.78 is 0. The van der Waals surface area contributed by atoms with Gasteiger partial charge in [0.05, 0.1) is 5.41 Å². The number of nitrogens with one attached hydrogen (secondary N) is 1. The number of pyridine rings is 1. The van der Waals surface area contributed by atoms with Gasteiger partial charge >= 0.3 is 5.97 Å². The van der Waals surface area contributed by atoms with Crippen LogP contribution in [0.15, 0.2) is 18.3 Å². The molecule has 2 atom stereocenters. The van der Waals surface area contributed by atoms with E-state index in [1.165, 1.54) is 0 Å². The van der Waals surface area contributed by atoms with E-state index in [1.54, 1.807) is 19.2 Å². The summed E-state index contributed by atoms with van der Waals surface area (Å²) in [5.41, 5.74) is 0.274. The molecule has 1 amide bonds. The van der Waals surface area contributed by atoms with Gasteiger partial charge in [0.1, 0.15) is 5.69 Å². The van der Waals surface area contributed by atoms with Crippen molar-refractivity contribution in [2.45, 2.75) is 39.2 Å². The molecule has 19 heavy (non-hydrogen) atoms. The second-order valence-electron chi connectivity index (χ2n) is 5.31. The zero-order chi connectivity index (χ0) is 14.0. The van der Waals surface area contributed by atoms with Gasteiger partial charge in [0.2, 0.25) is 0 Å². The van der Waals surface area contributed by atoms with Crippen LogP contribution in [0.3, 0.4) is 0 Å². The molecule has 1 aliphatic rings. The van der Waals surface area contributed by atoms with Crippen LogP contribution in [0.2, 0.25) is 0 Å². The topological polar surface area (TPSA) is 79.3 Å². The number of hydrogen-bond donors (Lipinski definition) is 2. The lowest BCUT2D eigenvalue weighted by Gasteiger charge is -2.27. The zero-order valence-electron chi connectivity index (χ0n) is 11.1. The SMILES string of the molecule is Cc1cccnc1C(=O)NC1CCCC1(C)C(=O)O. The van der Waals surface area contributed by atoms with E-state index in [4.69, 9.17) is 0 Å². The van der Waals surface area contributed by atoms with Crippen molar-refractivity contribution in [2.75, 3.05) is 0 Å². The van der Waals surface area contributed by atoms with Crippen molar-refractivity contribution in [3.63, 3.8) is 0 Å². The maximum Gasteiger partial charge on any atom is 0.311 e. The van der Waals surface area contributed by atoms with E-state index >= 15 is 0 Å². The van der Waals surface area contributed by atoms with Crippen molar-refractivity contribution >= 4 is 11.9 Å². The van der Waals surface area contributed by atoms with Crippen LogP contribution < -0.4 is 5.32 Å². The van der Waals surface area contributed by atoms with Crippen LogP contribution in [0.25, 0.3) is 0 Å². The molecule has 102 valence electrons. The smallest absolute Gasteiger partial charge is 0.311 e. The Morgan fingerprint density at radius 3 is 2.89 bits per heavy atom. The molecule has 0 radical (unpaired) electrons. The summed E-state index contributed by atoms with van der Waals surface area (Å²) in [5, 5.41) is 12.1. The van der Waals surface area contributed by atoms with Gasteiger partial charge < -0.3 is 10.4 Å². The predicted molar refractivity (Wildman–Crippen MR) is 69.8 cm³/mol. The van der Waals surface area contributed by atoms with Crippen molar-refractivity contribution in [3.8, 4) is 0 Å². The second kappa shape index (κ2) is 4.99. The molecule has 1 fully saturated rings. The van der Waals surface area contributed by atoms with E-state index in [1.807, 2.05) is 13.0 Å². The quantitative estimate of drug-likeness (QED) is 0.870. The summed E-state index contributed by atoms with van der Waals surface area (Å²) in [7, 11) is 0. The van der Waals surface area contributed by atoms with Crippen molar-refractivity contribution in [1.82, 2.24) is 10.3 Å². The molecule has 0 aromatic carbocycles. The molecule has 0 spiro atoms. The Kier molecular flexibility index (Phi) is 3.55. The van der Waals surface area contributed by atoms with Gasteiger partial charge in [-0.15, -0.1) is 0 Å². The third-order valence-corrected chi connectivity index (χ3v) is 3.98. The number of amides is 1. The Bertz CT molecular complexity index is 515. The molecule has 1 aromatic rings. The van der Waals surface area contributed by atoms with Crippen molar-refractivity contribution < 1.29 is 14.7 Å². The normalized spacial score (nSPS) is 26.1. The molecule has 2 unspecified atom stereocenters. The summed E-state index contributed by atoms with van der Waals surface area (Å²) in [5.74, 6) is -1.15. The molecule has 0 bridgehead atoms. The number of carbonyl (C=O) groups is 2. The lowest BCUT2D eigenvalue weighted by molar-refractivity contribution is -0.148. The highest BCUT2D eigenvalue weighted by molar-refractivity contribution is 5.94. The van der Waals surface area contributed by atoms with Crippen LogP contribution in [0, 0.1) is 12.3 Å². The number of carboxylic acids is 1. The van der Waals surface area contributed by atoms with Gasteiger partial charge in [0.15, 0.2) is 0 Å². The Balaban J connectivity index is 2.16. The standard InChI is InChI=1S/C14H18N2O3/c1-9-5-4-8-15-11(9)12(17)16-10-6-3-7-14(10,2)13(18)19/h4-5,8,10H,3,6-7H2,1-2H3,(H,16,17)(H,18,19). The van der Waals surface area contributed by atoms with Gasteiger partial charge in [0, 0.05) is 12.2 Å². The third kappa shape index (κ3) is 2.45. The van der Waals surface area contributed by atoms with E-state index < -0.39 is 11.4 Å². The Labute approximate surface area is 112 Å². The average Bonchev–Trinajstić information content (AvgIpc) is 2.73. The highest BCUT2D eigenvalue weighted by Gasteiger charge is 2.46. The van der Waals surface area contributed by atoms with Gasteiger partial charge in [-0.05, 0) is 38.3 Å². The Morgan fingerprint density at radius 2 is 2.26 bits per heavy atom. The van der Waals surface area contributed by atoms with Crippen LogP contribution in [-0.4, -0.2) is 28.0 Å². The van der Waals surface area contributed by atoms with Crippen LogP contribution in [0.5, 0.6) is 0 Å². The lowest BCUT2D eigenvalue weighted by Crippen LogP contribution is -2.47. The minimum atomic E-state index is -0.877. The fraction of sp³-hybridized carbons (Fsp3) is 0.500. The number of rotatable bonds is 3. The number of hydrogen-bond acceptors (Lipinski definition) is 3. The summed E-state index contributed by atoms with van der Waals surface area (Å²) in [6.07, 6.45) is 3.66. The maximum atomic E-state index is 12.2. The lowest BCUT2D eigenvalue weighted by atomic mass is 9.85. The van der Waals surface area contributed by atoms with E-state index in [-0.39, 0.29) is 11.9 Å². The average molecular weight is 262 g/mol. The minimum Gasteiger partial charge on any atom is -0.481 e. The first-order chi connectivity index (χ1) is 8.95. The van der Waals surface area contributed by atoms with Crippen LogP contribution in [-0.2, 0) is 4.79 Å². The van der Waals surface area contributed by atoms with Crippen LogP contribution in [0.4, 0.5) is 0 Å². The second-order valence-corrected chi connectivity index (χ2v) is 5.31. The van der Waals surface area contributed by atoms with Crippen LogP contribution >= 0.6 is 0 Å². The van der Waals surface area contributed by atoms with Gasteiger partial charge in [-0.1, -0.05) is 12.5 Å². The number of aryl methyl sites for hydroxylation is 1. The molecule has 1 aliphatic carbocycles. The highest BCUT2D eigenvalue weighted by Crippen LogP contribution is 2.38. The van der Waals surface area contributed by atoms with E-state index in [0.29, 0.717) is 18.5 Å². The number of carboxylic acid groups (broad SMARTS) is 1. The van der Waals surface area contributed by atoms with E-state index in [2.05, 4.69) is 10.3 Å². The van der Waals surface area contributed by atoms with Gasteiger partial charge in [-0.3, -0.25) is 14.6 Å². The fourth-order valence-electron chi connectivity index (χ4n) is 2.60. The molecule has 1 saturated carbocycles. The van der Waals surface area contributed by atoms with Gasteiger partial charge in [-0.2, -0.15) is 0 Å². The van der Waals surface area contributed by atoms with Gasteiger partial charge in [0.25, 0.3) is 5.91 Å². The van der Waals surface area contributed by atoms with E-state index in [9.17, 15) is 14.7 Å². The summed E-state index contributed by atoms with van der Waals surface area (Å²) >= 11 is 0. The molecule has 5 nitrogen and oxygen atoms in total. The minimum absolute atomic E-state index is 0.294. The number of carbonyl (C=O) groups excluding carboxylic acids is 1. The number of aliphatic carboxylic acids is 1. The molecular formula is C14H18N2O3. The van der Waals surface area contributed by atoms with Crippen LogP contribution in [0.1, 0.15) is 42.2 Å². The van der Waals surface area contributed by atoms with Gasteiger partial charge in [-0.25, -0.2) is 0 Å². The molecule has 2 rings (SSSR count). The third-order valence-electron chi connectivity index (χ3n) is 3.98. The summed E-state index contributed by atoms with van der Waals surface area (Å²) in [6, 6.07) is 3.25. The maximum absolute atomic E-state index is 12.2. The fourth-order valence-corrected chi connectivity index (χ4v) is 2.60. The monoisotopic (exact) mass is 262 g/mol. The molecular weight excluding hydrogens is 244 g/mol. The first-order valence-electron chi connectivity index (χ1n) is 6.41. The highest BCUT2D eigenvalue weighted by atomic mass is 16.4. The number of aromatic nitrogens is 1. The molecule has 1 aromatic heterocycles. The zero-order valence-corrected chi connectivity index (χ0v) is 11.1. The first kappa shape index (κ1) is 13.5. The van der Waals surface area contributed by atoms with Crippen molar-refractivity contribution in [1.29, 1.82) is 0 Å². The summed E-state index contributed by atoms with van der Waals surface area (Å²) in [6.45, 7) is 3.51. The molecule has 0 saturated heterocycles. The first-order valence-corrected chi connectivity index (χ1v) is 6.41. The van der Waals surface area contributed by atoms with E-state index in [0.717, 1.165) is 12.0 Å². The molecule has 5 heteroatoms. The Hall–Kier alpha value is -1.91. The van der Waals surface area contributed by atoms with Crippen molar-refractivity contribution in [3.05, 3.63) is 29.6 Å².